The Labute approximate surface area is 312 Å². The largest absolute Gasteiger partial charge is 0.496 e. The summed E-state index contributed by atoms with van der Waals surface area (Å²) >= 11 is 0. The van der Waals surface area contributed by atoms with Gasteiger partial charge in [0.15, 0.2) is 0 Å². The lowest BCUT2D eigenvalue weighted by Gasteiger charge is -2.74. The van der Waals surface area contributed by atoms with Crippen molar-refractivity contribution in [1.29, 1.82) is 0 Å². The summed E-state index contributed by atoms with van der Waals surface area (Å²) in [6, 6.07) is 16.6. The number of aromatic amines is 1. The Bertz CT molecular complexity index is 1840. The Morgan fingerprint density at radius 1 is 0.906 bits per heavy atom. The van der Waals surface area contributed by atoms with E-state index >= 15 is 9.59 Å². The smallest absolute Gasteiger partial charge is 0.312 e. The van der Waals surface area contributed by atoms with E-state index in [9.17, 15) is 9.90 Å². The molecule has 2 aromatic carbocycles. The molecule has 0 radical (unpaired) electrons. The third-order valence-electron chi connectivity index (χ3n) is 13.2. The van der Waals surface area contributed by atoms with E-state index < -0.39 is 40.1 Å². The van der Waals surface area contributed by atoms with E-state index in [1.54, 1.807) is 25.2 Å². The lowest BCUT2D eigenvalue weighted by atomic mass is 9.31. The van der Waals surface area contributed by atoms with Gasteiger partial charge in [-0.2, -0.15) is 5.10 Å². The Morgan fingerprint density at radius 3 is 2.09 bits per heavy atom. The fourth-order valence-corrected chi connectivity index (χ4v) is 12.5. The number of carboxylic acids is 1. The highest BCUT2D eigenvalue weighted by atomic mass is 16.5. The molecule has 4 saturated carbocycles. The van der Waals surface area contributed by atoms with Crippen LogP contribution in [-0.4, -0.2) is 70.0 Å². The number of amides is 2. The molecule has 11 heteroatoms. The Kier molecular flexibility index (Phi) is 8.99. The van der Waals surface area contributed by atoms with Gasteiger partial charge in [0.1, 0.15) is 17.2 Å². The molecule has 3 aromatic rings. The molecule has 4 N–H and O–H groups in total. The first kappa shape index (κ1) is 37.0. The van der Waals surface area contributed by atoms with Crippen molar-refractivity contribution in [2.45, 2.75) is 108 Å². The Morgan fingerprint density at radius 2 is 1.55 bits per heavy atom. The van der Waals surface area contributed by atoms with E-state index in [1.807, 2.05) is 62.4 Å². The topological polar surface area (TPSA) is 146 Å². The zero-order valence-electron chi connectivity index (χ0n) is 32.3. The van der Waals surface area contributed by atoms with Gasteiger partial charge >= 0.3 is 5.97 Å². The van der Waals surface area contributed by atoms with Crippen molar-refractivity contribution in [3.8, 4) is 11.5 Å². The SMILES string of the molecule is COc1cccc(OC)c1C12CC3CC(C1C(=O)NC1CC(C)(C)NC(C)(C)C1)C(C(=O)O)(C(C)C)C(N(C(=O)c1ccn[nH]1)c1ccccc1)(C3)C2. The summed E-state index contributed by atoms with van der Waals surface area (Å²) in [4.78, 5) is 46.9. The minimum atomic E-state index is -1.51. The van der Waals surface area contributed by atoms with Gasteiger partial charge in [0.25, 0.3) is 5.91 Å². The average Bonchev–Trinajstić information content (AvgIpc) is 3.62. The number of hydrogen-bond acceptors (Lipinski definition) is 7. The van der Waals surface area contributed by atoms with Gasteiger partial charge in [-0.05, 0) is 114 Å². The van der Waals surface area contributed by atoms with Crippen molar-refractivity contribution in [1.82, 2.24) is 20.8 Å². The molecule has 284 valence electrons. The van der Waals surface area contributed by atoms with Crippen molar-refractivity contribution in [3.05, 3.63) is 72.1 Å². The summed E-state index contributed by atoms with van der Waals surface area (Å²) in [7, 11) is 3.24. The predicted octanol–water partition coefficient (Wildman–Crippen LogP) is 6.35. The lowest BCUT2D eigenvalue weighted by Crippen LogP contribution is -2.82. The molecule has 0 spiro atoms. The average molecular weight is 726 g/mol. The number of nitrogens with one attached hydrogen (secondary N) is 3. The van der Waals surface area contributed by atoms with Gasteiger partial charge in [0.2, 0.25) is 5.91 Å². The number of para-hydroxylation sites is 1. The van der Waals surface area contributed by atoms with E-state index in [1.165, 1.54) is 6.20 Å². The minimum Gasteiger partial charge on any atom is -0.496 e. The van der Waals surface area contributed by atoms with Crippen LogP contribution in [0.25, 0.3) is 0 Å². The first-order valence-electron chi connectivity index (χ1n) is 19.0. The second kappa shape index (κ2) is 12.9. The first-order chi connectivity index (χ1) is 25.1. The number of anilines is 1. The molecular weight excluding hydrogens is 670 g/mol. The highest BCUT2D eigenvalue weighted by Gasteiger charge is 2.80. The molecule has 1 aromatic heterocycles. The van der Waals surface area contributed by atoms with Crippen LogP contribution in [0.2, 0.25) is 0 Å². The fraction of sp³-hybridized carbons (Fsp3) is 0.571. The monoisotopic (exact) mass is 725 g/mol. The van der Waals surface area contributed by atoms with E-state index in [0.29, 0.717) is 36.4 Å². The van der Waals surface area contributed by atoms with Crippen molar-refractivity contribution >= 4 is 23.5 Å². The summed E-state index contributed by atoms with van der Waals surface area (Å²) in [6.45, 7) is 12.5. The minimum absolute atomic E-state index is 0.0103. The molecule has 2 heterocycles. The molecule has 5 fully saturated rings. The summed E-state index contributed by atoms with van der Waals surface area (Å²) in [5, 5.41) is 26.1. The number of aromatic nitrogens is 2. The molecule has 5 aliphatic rings. The molecule has 2 amide bonds. The quantitative estimate of drug-likeness (QED) is 0.189. The van der Waals surface area contributed by atoms with Gasteiger partial charge in [-0.15, -0.1) is 0 Å². The van der Waals surface area contributed by atoms with Crippen molar-refractivity contribution in [2.75, 3.05) is 19.1 Å². The number of aliphatic carboxylic acids is 1. The van der Waals surface area contributed by atoms with Gasteiger partial charge in [-0.1, -0.05) is 38.1 Å². The fourth-order valence-electron chi connectivity index (χ4n) is 12.5. The molecule has 8 rings (SSSR count). The van der Waals surface area contributed by atoms with E-state index in [-0.39, 0.29) is 47.0 Å². The van der Waals surface area contributed by atoms with Crippen LogP contribution in [0.15, 0.2) is 60.8 Å². The second-order valence-electron chi connectivity index (χ2n) is 17.8. The van der Waals surface area contributed by atoms with E-state index in [4.69, 9.17) is 9.47 Å². The summed E-state index contributed by atoms with van der Waals surface area (Å²) < 4.78 is 12.2. The number of nitrogens with zero attached hydrogens (tertiary/aromatic N) is 2. The van der Waals surface area contributed by atoms with Crippen LogP contribution < -0.4 is 25.0 Å². The standard InChI is InChI=1S/C42H55N5O6/c1-25(2)42(37(50)51)29-19-26-20-40(34-31(52-7)15-12-16-32(34)53-8,33(29)35(48)44-27-22-38(3,4)46-39(5,6)23-27)24-41(42,21-26)47(28-13-10-9-11-14-28)36(49)30-17-18-43-45-30/h9-18,25-27,29,33,46H,19-24H2,1-8H3,(H,43,45)(H,44,48)(H,50,51). The number of carboxylic acid groups (broad SMARTS) is 1. The number of methoxy groups -OCH3 is 2. The maximum atomic E-state index is 15.5. The molecule has 6 unspecified atom stereocenters. The van der Waals surface area contributed by atoms with Gasteiger partial charge in [-0.3, -0.25) is 24.4 Å². The number of H-pyrrole nitrogens is 1. The van der Waals surface area contributed by atoms with Crippen molar-refractivity contribution < 1.29 is 29.0 Å². The van der Waals surface area contributed by atoms with Gasteiger partial charge in [0.05, 0.1) is 31.1 Å². The van der Waals surface area contributed by atoms with Crippen molar-refractivity contribution in [3.63, 3.8) is 0 Å². The summed E-state index contributed by atoms with van der Waals surface area (Å²) in [6.07, 6.45) is 4.84. The molecule has 4 bridgehead atoms. The molecule has 53 heavy (non-hydrogen) atoms. The van der Waals surface area contributed by atoms with Crippen LogP contribution in [0, 0.1) is 29.1 Å². The first-order valence-corrected chi connectivity index (χ1v) is 19.0. The second-order valence-corrected chi connectivity index (χ2v) is 17.8. The lowest BCUT2D eigenvalue weighted by molar-refractivity contribution is -0.213. The number of benzene rings is 2. The van der Waals surface area contributed by atoms with Gasteiger partial charge in [-0.25, -0.2) is 0 Å². The third kappa shape index (κ3) is 5.55. The van der Waals surface area contributed by atoms with Crippen molar-refractivity contribution in [2.24, 2.45) is 29.1 Å². The highest BCUT2D eigenvalue weighted by Crippen LogP contribution is 2.75. The Hall–Kier alpha value is -4.38. The van der Waals surface area contributed by atoms with E-state index in [2.05, 4.69) is 48.5 Å². The molecule has 1 saturated heterocycles. The van der Waals surface area contributed by atoms with Gasteiger partial charge in [0, 0.05) is 40.0 Å². The molecular formula is C42H55N5O6. The molecule has 4 aliphatic carbocycles. The number of ether oxygens (including phenoxy) is 2. The number of hydrogen-bond donors (Lipinski definition) is 4. The van der Waals surface area contributed by atoms with Crippen LogP contribution >= 0.6 is 0 Å². The third-order valence-corrected chi connectivity index (χ3v) is 13.2. The van der Waals surface area contributed by atoms with Crippen LogP contribution in [0.1, 0.15) is 96.1 Å². The number of carbonyl (C=O) groups is 3. The maximum absolute atomic E-state index is 15.5. The molecule has 6 atom stereocenters. The van der Waals surface area contributed by atoms with Crippen LogP contribution in [0.4, 0.5) is 5.69 Å². The van der Waals surface area contributed by atoms with Crippen LogP contribution in [0.3, 0.4) is 0 Å². The molecule has 11 nitrogen and oxygen atoms in total. The number of carbonyl (C=O) groups excluding carboxylic acids is 2. The van der Waals surface area contributed by atoms with Gasteiger partial charge < -0.3 is 25.2 Å². The van der Waals surface area contributed by atoms with E-state index in [0.717, 1.165) is 18.4 Å². The number of rotatable bonds is 10. The normalized spacial score (nSPS) is 31.2. The molecule has 1 aliphatic heterocycles. The summed E-state index contributed by atoms with van der Waals surface area (Å²) in [5.41, 5.74) is -2.52. The van der Waals surface area contributed by atoms with Crippen LogP contribution in [-0.2, 0) is 15.0 Å². The predicted molar refractivity (Wildman–Crippen MR) is 202 cm³/mol. The maximum Gasteiger partial charge on any atom is 0.312 e. The highest BCUT2D eigenvalue weighted by molar-refractivity contribution is 6.07. The zero-order valence-corrected chi connectivity index (χ0v) is 32.3. The summed E-state index contributed by atoms with van der Waals surface area (Å²) in [5.74, 6) is -2.14. The zero-order chi connectivity index (χ0) is 38.1. The van der Waals surface area contributed by atoms with Crippen LogP contribution in [0.5, 0.6) is 11.5 Å². The Balaban J connectivity index is 1.51. The number of piperidine rings is 1.